The molecule has 1 saturated heterocycles. The van der Waals surface area contributed by atoms with Crippen molar-refractivity contribution in [2.45, 2.75) is 31.6 Å². The van der Waals surface area contributed by atoms with Gasteiger partial charge in [0.1, 0.15) is 11.5 Å². The van der Waals surface area contributed by atoms with Crippen LogP contribution in [-0.2, 0) is 19.6 Å². The third-order valence-corrected chi connectivity index (χ3v) is 7.19. The smallest absolute Gasteiger partial charge is 0.262 e. The third-order valence-electron chi connectivity index (χ3n) is 5.29. The zero-order valence-corrected chi connectivity index (χ0v) is 19.7. The molecule has 0 spiro atoms. The molecule has 174 valence electrons. The van der Waals surface area contributed by atoms with Gasteiger partial charge in [0, 0.05) is 13.1 Å². The second-order valence-electron chi connectivity index (χ2n) is 7.90. The minimum atomic E-state index is -3.70. The Hall–Kier alpha value is -2.62. The summed E-state index contributed by atoms with van der Waals surface area (Å²) in [6.45, 7) is 7.17. The molecule has 32 heavy (non-hydrogen) atoms. The molecule has 0 saturated carbocycles. The van der Waals surface area contributed by atoms with E-state index in [1.165, 1.54) is 29.6 Å². The van der Waals surface area contributed by atoms with Crippen molar-refractivity contribution in [2.24, 2.45) is 0 Å². The van der Waals surface area contributed by atoms with Gasteiger partial charge >= 0.3 is 0 Å². The van der Waals surface area contributed by atoms with Crippen LogP contribution < -0.4 is 14.8 Å². The average molecular weight is 463 g/mol. The molecule has 0 radical (unpaired) electrons. The molecule has 0 aliphatic carbocycles. The van der Waals surface area contributed by atoms with E-state index in [4.69, 9.17) is 14.2 Å². The lowest BCUT2D eigenvalue weighted by atomic mass is 10.0. The van der Waals surface area contributed by atoms with Gasteiger partial charge in [0.05, 0.1) is 30.9 Å². The van der Waals surface area contributed by atoms with E-state index in [9.17, 15) is 13.2 Å². The molecule has 3 rings (SSSR count). The van der Waals surface area contributed by atoms with Crippen LogP contribution in [0, 0.1) is 6.92 Å². The largest absolute Gasteiger partial charge is 0.495 e. The number of sulfonamides is 1. The number of carbonyl (C=O) groups is 1. The Morgan fingerprint density at radius 2 is 1.84 bits per heavy atom. The van der Waals surface area contributed by atoms with Crippen LogP contribution in [0.25, 0.3) is 0 Å². The number of nitrogens with zero attached hydrogens (tertiary/aromatic N) is 1. The second kappa shape index (κ2) is 10.3. The van der Waals surface area contributed by atoms with Crippen LogP contribution in [-0.4, -0.2) is 58.7 Å². The highest BCUT2D eigenvalue weighted by atomic mass is 32.2. The maximum absolute atomic E-state index is 13.0. The summed E-state index contributed by atoms with van der Waals surface area (Å²) in [6.07, 6.45) is 0. The van der Waals surface area contributed by atoms with E-state index in [1.54, 1.807) is 0 Å². The number of hydrogen-bond acceptors (Lipinski definition) is 6. The standard InChI is InChI=1S/C23H30N2O6S/c1-16(2)18-6-5-17(3)22(13-18)31-15-23(26)24-20-14-19(7-8-21(20)29-4)32(27,28)25-9-11-30-12-10-25/h5-8,13-14,16H,9-12,15H2,1-4H3,(H,24,26). The van der Waals surface area contributed by atoms with E-state index in [1.807, 2.05) is 25.1 Å². The molecule has 1 heterocycles. The number of rotatable bonds is 8. The molecule has 2 aromatic carbocycles. The lowest BCUT2D eigenvalue weighted by Gasteiger charge is -2.26. The van der Waals surface area contributed by atoms with Crippen molar-refractivity contribution in [2.75, 3.05) is 45.3 Å². The highest BCUT2D eigenvalue weighted by molar-refractivity contribution is 7.89. The van der Waals surface area contributed by atoms with Gasteiger partial charge in [-0.05, 0) is 48.2 Å². The number of amides is 1. The predicted octanol–water partition coefficient (Wildman–Crippen LogP) is 3.17. The number of hydrogen-bond donors (Lipinski definition) is 1. The molecule has 1 N–H and O–H groups in total. The molecule has 9 heteroatoms. The summed E-state index contributed by atoms with van der Waals surface area (Å²) in [6, 6.07) is 10.3. The van der Waals surface area contributed by atoms with Gasteiger partial charge in [0.25, 0.3) is 5.91 Å². The van der Waals surface area contributed by atoms with Crippen molar-refractivity contribution in [3.63, 3.8) is 0 Å². The molecule has 1 fully saturated rings. The first-order valence-electron chi connectivity index (χ1n) is 10.5. The molecule has 0 bridgehead atoms. The first-order chi connectivity index (χ1) is 15.2. The van der Waals surface area contributed by atoms with Crippen molar-refractivity contribution in [1.82, 2.24) is 4.31 Å². The minimum Gasteiger partial charge on any atom is -0.495 e. The van der Waals surface area contributed by atoms with E-state index in [-0.39, 0.29) is 17.2 Å². The SMILES string of the molecule is COc1ccc(S(=O)(=O)N2CCOCC2)cc1NC(=O)COc1cc(C(C)C)ccc1C. The summed E-state index contributed by atoms with van der Waals surface area (Å²) in [5.74, 6) is 0.921. The van der Waals surface area contributed by atoms with Crippen molar-refractivity contribution >= 4 is 21.6 Å². The molecule has 1 aliphatic rings. The fourth-order valence-corrected chi connectivity index (χ4v) is 4.78. The van der Waals surface area contributed by atoms with Gasteiger partial charge < -0.3 is 19.5 Å². The van der Waals surface area contributed by atoms with Crippen molar-refractivity contribution in [3.05, 3.63) is 47.5 Å². The highest BCUT2D eigenvalue weighted by Crippen LogP contribution is 2.29. The fourth-order valence-electron chi connectivity index (χ4n) is 3.34. The van der Waals surface area contributed by atoms with E-state index in [0.29, 0.717) is 43.7 Å². The van der Waals surface area contributed by atoms with Crippen molar-refractivity contribution in [3.8, 4) is 11.5 Å². The first-order valence-corrected chi connectivity index (χ1v) is 12.0. The number of aryl methyl sites for hydroxylation is 1. The van der Waals surface area contributed by atoms with Gasteiger partial charge in [-0.3, -0.25) is 4.79 Å². The molecule has 0 aromatic heterocycles. The summed E-state index contributed by atoms with van der Waals surface area (Å²) in [5.41, 5.74) is 2.31. The summed E-state index contributed by atoms with van der Waals surface area (Å²) < 4.78 is 43.5. The molecule has 2 aromatic rings. The molecule has 0 unspecified atom stereocenters. The number of ether oxygens (including phenoxy) is 3. The zero-order chi connectivity index (χ0) is 23.3. The Kier molecular flexibility index (Phi) is 7.76. The average Bonchev–Trinajstić information content (AvgIpc) is 2.78. The van der Waals surface area contributed by atoms with Gasteiger partial charge in [-0.1, -0.05) is 26.0 Å². The molecular weight excluding hydrogens is 432 g/mol. The molecule has 0 atom stereocenters. The van der Waals surface area contributed by atoms with Crippen LogP contribution in [0.3, 0.4) is 0 Å². The normalized spacial score (nSPS) is 14.9. The number of anilines is 1. The molecule has 8 nitrogen and oxygen atoms in total. The first kappa shape index (κ1) is 24.0. The fraction of sp³-hybridized carbons (Fsp3) is 0.435. The second-order valence-corrected chi connectivity index (χ2v) is 9.83. The lowest BCUT2D eigenvalue weighted by molar-refractivity contribution is -0.118. The van der Waals surface area contributed by atoms with E-state index < -0.39 is 15.9 Å². The number of benzene rings is 2. The Morgan fingerprint density at radius 3 is 2.50 bits per heavy atom. The number of carbonyl (C=O) groups excluding carboxylic acids is 1. The van der Waals surface area contributed by atoms with Gasteiger partial charge in [-0.25, -0.2) is 8.42 Å². The van der Waals surface area contributed by atoms with Crippen LogP contribution in [0.2, 0.25) is 0 Å². The number of morpholine rings is 1. The highest BCUT2D eigenvalue weighted by Gasteiger charge is 2.27. The Bertz CT molecular complexity index is 1060. The third kappa shape index (κ3) is 5.59. The topological polar surface area (TPSA) is 94.2 Å². The number of methoxy groups -OCH3 is 1. The maximum Gasteiger partial charge on any atom is 0.262 e. The van der Waals surface area contributed by atoms with Gasteiger partial charge in [-0.2, -0.15) is 4.31 Å². The van der Waals surface area contributed by atoms with Gasteiger partial charge in [-0.15, -0.1) is 0 Å². The zero-order valence-electron chi connectivity index (χ0n) is 18.9. The van der Waals surface area contributed by atoms with Crippen LogP contribution in [0.4, 0.5) is 5.69 Å². The number of nitrogens with one attached hydrogen (secondary N) is 1. The Labute approximate surface area is 189 Å². The van der Waals surface area contributed by atoms with E-state index >= 15 is 0 Å². The molecule has 1 aliphatic heterocycles. The van der Waals surface area contributed by atoms with Crippen molar-refractivity contribution in [1.29, 1.82) is 0 Å². The summed E-state index contributed by atoms with van der Waals surface area (Å²) in [4.78, 5) is 12.7. The maximum atomic E-state index is 13.0. The predicted molar refractivity (Wildman–Crippen MR) is 122 cm³/mol. The summed E-state index contributed by atoms with van der Waals surface area (Å²) in [7, 11) is -2.25. The van der Waals surface area contributed by atoms with Crippen LogP contribution >= 0.6 is 0 Å². The van der Waals surface area contributed by atoms with Crippen molar-refractivity contribution < 1.29 is 27.4 Å². The quantitative estimate of drug-likeness (QED) is 0.648. The van der Waals surface area contributed by atoms with Crippen LogP contribution in [0.1, 0.15) is 30.9 Å². The summed E-state index contributed by atoms with van der Waals surface area (Å²) in [5, 5.41) is 2.71. The monoisotopic (exact) mass is 462 g/mol. The Balaban J connectivity index is 1.74. The molecule has 1 amide bonds. The van der Waals surface area contributed by atoms with E-state index in [0.717, 1.165) is 11.1 Å². The minimum absolute atomic E-state index is 0.0805. The summed E-state index contributed by atoms with van der Waals surface area (Å²) >= 11 is 0. The lowest BCUT2D eigenvalue weighted by Crippen LogP contribution is -2.40. The van der Waals surface area contributed by atoms with E-state index in [2.05, 4.69) is 19.2 Å². The van der Waals surface area contributed by atoms with Crippen LogP contribution in [0.5, 0.6) is 11.5 Å². The van der Waals surface area contributed by atoms with Gasteiger partial charge in [0.15, 0.2) is 6.61 Å². The van der Waals surface area contributed by atoms with Crippen LogP contribution in [0.15, 0.2) is 41.3 Å². The molecular formula is C23H30N2O6S. The van der Waals surface area contributed by atoms with Gasteiger partial charge in [0.2, 0.25) is 10.0 Å². The Morgan fingerprint density at radius 1 is 1.12 bits per heavy atom.